The van der Waals surface area contributed by atoms with Gasteiger partial charge in [0.2, 0.25) is 10.0 Å². The molecule has 0 saturated carbocycles. The molecule has 162 valence electrons. The van der Waals surface area contributed by atoms with Crippen molar-refractivity contribution in [3.8, 4) is 0 Å². The molecule has 0 aromatic heterocycles. The van der Waals surface area contributed by atoms with Gasteiger partial charge >= 0.3 is 11.8 Å². The number of hydrogen-bond acceptors (Lipinski definition) is 6. The van der Waals surface area contributed by atoms with Crippen molar-refractivity contribution >= 4 is 21.8 Å². The number of carbonyl (C=O) groups excluding carboxylic acids is 2. The molecule has 1 aromatic carbocycles. The summed E-state index contributed by atoms with van der Waals surface area (Å²) in [5, 5.41) is 4.89. The molecule has 1 saturated heterocycles. The molecule has 2 amide bonds. The van der Waals surface area contributed by atoms with Crippen LogP contribution in [-0.4, -0.2) is 82.5 Å². The summed E-state index contributed by atoms with van der Waals surface area (Å²) in [6, 6.07) is 3.44. The van der Waals surface area contributed by atoms with E-state index in [-0.39, 0.29) is 23.5 Å². The zero-order valence-corrected chi connectivity index (χ0v) is 17.6. The maximum atomic E-state index is 13.4. The first-order chi connectivity index (χ1) is 13.6. The van der Waals surface area contributed by atoms with Crippen molar-refractivity contribution in [2.75, 3.05) is 46.9 Å². The molecule has 0 aliphatic carbocycles. The van der Waals surface area contributed by atoms with Gasteiger partial charge in [-0.3, -0.25) is 9.59 Å². The summed E-state index contributed by atoms with van der Waals surface area (Å²) in [6.45, 7) is 2.73. The van der Waals surface area contributed by atoms with Gasteiger partial charge in [-0.25, -0.2) is 12.8 Å². The summed E-state index contributed by atoms with van der Waals surface area (Å²) in [5.41, 5.74) is 0.277. The van der Waals surface area contributed by atoms with Crippen LogP contribution in [0, 0.1) is 12.7 Å². The first kappa shape index (κ1) is 23.2. The van der Waals surface area contributed by atoms with Gasteiger partial charge in [0.15, 0.2) is 0 Å². The summed E-state index contributed by atoms with van der Waals surface area (Å²) in [7, 11) is -0.291. The maximum absolute atomic E-state index is 13.4. The average molecular weight is 431 g/mol. The number of carbonyl (C=O) groups is 2. The van der Waals surface area contributed by atoms with Crippen molar-refractivity contribution in [1.82, 2.24) is 19.8 Å². The van der Waals surface area contributed by atoms with E-state index in [4.69, 9.17) is 4.74 Å². The highest BCUT2D eigenvalue weighted by atomic mass is 32.2. The second-order valence-electron chi connectivity index (χ2n) is 6.97. The number of likely N-dealkylation sites (N-methyl/N-ethyl adjacent to an activating group) is 1. The van der Waals surface area contributed by atoms with Crippen LogP contribution in [0.2, 0.25) is 0 Å². The minimum Gasteiger partial charge on any atom is -0.360 e. The van der Waals surface area contributed by atoms with Gasteiger partial charge in [0.1, 0.15) is 12.0 Å². The lowest BCUT2D eigenvalue weighted by Crippen LogP contribution is -2.53. The molecule has 1 heterocycles. The van der Waals surface area contributed by atoms with Crippen molar-refractivity contribution in [1.29, 1.82) is 0 Å². The summed E-state index contributed by atoms with van der Waals surface area (Å²) < 4.78 is 46.1. The lowest BCUT2D eigenvalue weighted by atomic mass is 10.2. The molecule has 11 heteroatoms. The summed E-state index contributed by atoms with van der Waals surface area (Å²) in [6.07, 6.45) is -0.480. The highest BCUT2D eigenvalue weighted by Gasteiger charge is 2.35. The third-order valence-electron chi connectivity index (χ3n) is 4.37. The predicted molar refractivity (Wildman–Crippen MR) is 104 cm³/mol. The number of rotatable bonds is 7. The van der Waals surface area contributed by atoms with Gasteiger partial charge in [-0.1, -0.05) is 0 Å². The van der Waals surface area contributed by atoms with Gasteiger partial charge in [0.25, 0.3) is 0 Å². The number of halogens is 1. The minimum atomic E-state index is -3.97. The van der Waals surface area contributed by atoms with E-state index in [0.29, 0.717) is 26.1 Å². The first-order valence-electron chi connectivity index (χ1n) is 9.23. The highest BCUT2D eigenvalue weighted by Crippen LogP contribution is 2.25. The number of sulfonamides is 1. The molecule has 2 N–H and O–H groups in total. The second-order valence-corrected chi connectivity index (χ2v) is 8.83. The fraction of sp³-hybridized carbons (Fsp3) is 0.556. The Morgan fingerprint density at radius 3 is 2.62 bits per heavy atom. The Balaban J connectivity index is 2.04. The monoisotopic (exact) mass is 430 g/mol. The predicted octanol–water partition coefficient (Wildman–Crippen LogP) is -0.335. The molecule has 9 nitrogen and oxygen atoms in total. The smallest absolute Gasteiger partial charge is 0.309 e. The standard InChI is InChI=1S/C18H27FN4O5S/c1-13-11-14(19)5-6-15(13)29(26,27)23-8-4-10-28-16(23)12-21-18(25)17(24)20-7-9-22(2)3/h5-6,11,16H,4,7-10,12H2,1-3H3,(H,20,24)(H,21,25). The van der Waals surface area contributed by atoms with Crippen LogP contribution in [0.5, 0.6) is 0 Å². The Kier molecular flexibility index (Phi) is 8.08. The number of amides is 2. The molecule has 2 rings (SSSR count). The van der Waals surface area contributed by atoms with Gasteiger partial charge < -0.3 is 20.3 Å². The summed E-state index contributed by atoms with van der Waals surface area (Å²) in [5.74, 6) is -2.19. The zero-order valence-electron chi connectivity index (χ0n) is 16.8. The van der Waals surface area contributed by atoms with Crippen LogP contribution < -0.4 is 10.6 Å². The Morgan fingerprint density at radius 2 is 1.97 bits per heavy atom. The third kappa shape index (κ3) is 6.20. The molecular formula is C18H27FN4O5S. The van der Waals surface area contributed by atoms with Crippen molar-refractivity contribution in [3.63, 3.8) is 0 Å². The zero-order chi connectivity index (χ0) is 21.6. The molecule has 0 bridgehead atoms. The molecule has 1 aliphatic heterocycles. The molecular weight excluding hydrogens is 403 g/mol. The fourth-order valence-corrected chi connectivity index (χ4v) is 4.64. The van der Waals surface area contributed by atoms with E-state index in [1.165, 1.54) is 13.0 Å². The van der Waals surface area contributed by atoms with Gasteiger partial charge in [-0.2, -0.15) is 4.31 Å². The van der Waals surface area contributed by atoms with E-state index in [1.807, 2.05) is 19.0 Å². The lowest BCUT2D eigenvalue weighted by molar-refractivity contribution is -0.140. The van der Waals surface area contributed by atoms with Gasteiger partial charge in [0.05, 0.1) is 18.0 Å². The average Bonchev–Trinajstić information content (AvgIpc) is 2.65. The Hall–Kier alpha value is -2.08. The molecule has 1 aromatic rings. The number of aryl methyl sites for hydroxylation is 1. The van der Waals surface area contributed by atoms with Crippen molar-refractivity contribution in [2.24, 2.45) is 0 Å². The molecule has 1 fully saturated rings. The van der Waals surface area contributed by atoms with Crippen LogP contribution in [-0.2, 0) is 24.3 Å². The van der Waals surface area contributed by atoms with Crippen LogP contribution >= 0.6 is 0 Å². The number of hydrogen-bond donors (Lipinski definition) is 2. The Bertz CT molecular complexity index is 847. The number of benzene rings is 1. The van der Waals surface area contributed by atoms with Crippen molar-refractivity contribution in [2.45, 2.75) is 24.5 Å². The van der Waals surface area contributed by atoms with Gasteiger partial charge in [-0.05, 0) is 51.2 Å². The quantitative estimate of drug-likeness (QED) is 0.574. The SMILES string of the molecule is Cc1cc(F)ccc1S(=O)(=O)N1CCCOC1CNC(=O)C(=O)NCCN(C)C. The molecule has 1 unspecified atom stereocenters. The topological polar surface area (TPSA) is 108 Å². The highest BCUT2D eigenvalue weighted by molar-refractivity contribution is 7.89. The van der Waals surface area contributed by atoms with Crippen molar-refractivity contribution in [3.05, 3.63) is 29.6 Å². The minimum absolute atomic E-state index is 0.0258. The normalized spacial score (nSPS) is 17.9. The Morgan fingerprint density at radius 1 is 1.28 bits per heavy atom. The van der Waals surface area contributed by atoms with Crippen LogP contribution in [0.1, 0.15) is 12.0 Å². The number of nitrogens with one attached hydrogen (secondary N) is 2. The van der Waals surface area contributed by atoms with E-state index in [0.717, 1.165) is 16.4 Å². The van der Waals surface area contributed by atoms with Crippen molar-refractivity contribution < 1.29 is 27.1 Å². The molecule has 0 spiro atoms. The maximum Gasteiger partial charge on any atom is 0.309 e. The molecule has 0 radical (unpaired) electrons. The second kappa shape index (κ2) is 10.1. The molecule has 29 heavy (non-hydrogen) atoms. The van der Waals surface area contributed by atoms with Crippen LogP contribution in [0.3, 0.4) is 0 Å². The number of ether oxygens (including phenoxy) is 1. The van der Waals surface area contributed by atoms with Gasteiger partial charge in [0, 0.05) is 19.6 Å². The molecule has 1 atom stereocenters. The fourth-order valence-electron chi connectivity index (χ4n) is 2.86. The summed E-state index contributed by atoms with van der Waals surface area (Å²) >= 11 is 0. The van der Waals surface area contributed by atoms with Crippen LogP contribution in [0.25, 0.3) is 0 Å². The van der Waals surface area contributed by atoms with E-state index in [1.54, 1.807) is 0 Å². The van der Waals surface area contributed by atoms with E-state index in [9.17, 15) is 22.4 Å². The van der Waals surface area contributed by atoms with E-state index in [2.05, 4.69) is 10.6 Å². The van der Waals surface area contributed by atoms with Crippen LogP contribution in [0.4, 0.5) is 4.39 Å². The third-order valence-corrected chi connectivity index (χ3v) is 6.41. The lowest BCUT2D eigenvalue weighted by Gasteiger charge is -2.34. The van der Waals surface area contributed by atoms with Gasteiger partial charge in [-0.15, -0.1) is 0 Å². The first-order valence-corrected chi connectivity index (χ1v) is 10.7. The number of nitrogens with zero attached hydrogens (tertiary/aromatic N) is 2. The van der Waals surface area contributed by atoms with E-state index >= 15 is 0 Å². The van der Waals surface area contributed by atoms with E-state index < -0.39 is 33.9 Å². The largest absolute Gasteiger partial charge is 0.360 e. The summed E-state index contributed by atoms with van der Waals surface area (Å²) in [4.78, 5) is 25.6. The Labute approximate surface area is 170 Å². The van der Waals surface area contributed by atoms with Crippen LogP contribution in [0.15, 0.2) is 23.1 Å². The molecule has 1 aliphatic rings.